The molecule has 0 unspecified atom stereocenters. The zero-order chi connectivity index (χ0) is 63.3. The second-order valence-electron chi connectivity index (χ2n) is 22.6. The van der Waals surface area contributed by atoms with Gasteiger partial charge >= 0.3 is 0 Å². The maximum absolute atomic E-state index is 11.8. The van der Waals surface area contributed by atoms with Crippen molar-refractivity contribution in [1.82, 2.24) is 10.6 Å². The first-order valence-electron chi connectivity index (χ1n) is 28.8. The Morgan fingerprint density at radius 3 is 0.678 bits per heavy atom. The van der Waals surface area contributed by atoms with Crippen LogP contribution in [0.4, 0.5) is 0 Å². The van der Waals surface area contributed by atoms with Gasteiger partial charge in [-0.25, -0.2) is 0 Å². The first-order chi connectivity index (χ1) is 41.5. The molecule has 14 bridgehead atoms. The molecule has 21 saturated heterocycles. The van der Waals surface area contributed by atoms with Gasteiger partial charge in [0.15, 0.2) is 44.0 Å². The molecule has 87 heavy (non-hydrogen) atoms. The van der Waals surface area contributed by atoms with Gasteiger partial charge in [0.1, 0.15) is 171 Å². The number of hydrogen-bond acceptors (Lipinski definition) is 36. The molecular weight excluding hydrogens is 1190 g/mol. The SMILES string of the molecule is CC(=O)NCCCCCCNC[C@H]1O[C@@H]2O[C@H]3[C@H](O)[C@H](O)[C@@H](O[C@H]4[C@H](O)[C@H](O)[C@@H](O[C@H]5[C@H](O)[C@@H](O)[C@@H](O[C@H]6[C@H](O)[C@@H](O)[C@@H](O[C@H]7[C@H](O)[C@@H](O)[C@@H](O[C@H]8[C@H](O)[C@@H](O)[C@@H](O[C@H]1[C@H](O)[C@H]2O)O[C@@H]8CO)O[C@@H]7CO)O[C@@H]6CO)O[C@@H]5CO)O[C@@H]4CO)O[C@@H]3CO. The zero-order valence-corrected chi connectivity index (χ0v) is 47.0. The van der Waals surface area contributed by atoms with Crippen LogP contribution in [0.15, 0.2) is 0 Å². The lowest BCUT2D eigenvalue weighted by molar-refractivity contribution is -0.396. The van der Waals surface area contributed by atoms with E-state index in [1.54, 1.807) is 0 Å². The number of aliphatic hydroxyl groups is 20. The molecule has 0 aromatic carbocycles. The first-order valence-corrected chi connectivity index (χ1v) is 28.8. The van der Waals surface area contributed by atoms with Crippen molar-refractivity contribution in [2.75, 3.05) is 59.3 Å². The van der Waals surface area contributed by atoms with E-state index in [0.717, 1.165) is 6.42 Å². The maximum atomic E-state index is 11.8. The minimum absolute atomic E-state index is 0.178. The Balaban J connectivity index is 1.07. The van der Waals surface area contributed by atoms with Crippen LogP contribution in [0.5, 0.6) is 0 Å². The van der Waals surface area contributed by atoms with Crippen LogP contribution in [0.1, 0.15) is 32.6 Å². The van der Waals surface area contributed by atoms with Gasteiger partial charge in [-0.3, -0.25) is 4.79 Å². The molecule has 1 amide bonds. The van der Waals surface area contributed by atoms with E-state index >= 15 is 0 Å². The summed E-state index contributed by atoms with van der Waals surface area (Å²) < 4.78 is 81.4. The van der Waals surface area contributed by atoms with Gasteiger partial charge in [-0.1, -0.05) is 12.8 Å². The molecule has 35 atom stereocenters. The predicted octanol–water partition coefficient (Wildman–Crippen LogP) is -13.9. The molecule has 37 heteroatoms. The van der Waals surface area contributed by atoms with Crippen molar-refractivity contribution in [3.05, 3.63) is 0 Å². The van der Waals surface area contributed by atoms with Crippen molar-refractivity contribution in [2.45, 2.75) is 248 Å². The second-order valence-corrected chi connectivity index (χ2v) is 22.6. The fraction of sp³-hybridized carbons (Fsp3) is 0.980. The number of aliphatic hydroxyl groups excluding tert-OH is 20. The molecule has 0 aromatic rings. The van der Waals surface area contributed by atoms with Crippen LogP contribution in [0.3, 0.4) is 0 Å². The molecule has 0 aromatic heterocycles. The highest BCUT2D eigenvalue weighted by molar-refractivity contribution is 5.72. The minimum atomic E-state index is -2.21. The lowest BCUT2D eigenvalue weighted by Gasteiger charge is -2.50. The minimum Gasteiger partial charge on any atom is -0.394 e. The van der Waals surface area contributed by atoms with Crippen molar-refractivity contribution < 1.29 is 173 Å². The smallest absolute Gasteiger partial charge is 0.216 e. The van der Waals surface area contributed by atoms with Gasteiger partial charge in [0, 0.05) is 20.0 Å². The van der Waals surface area contributed by atoms with E-state index in [1.807, 2.05) is 0 Å². The first kappa shape index (κ1) is 70.9. The Bertz CT molecular complexity index is 2070. The molecule has 21 aliphatic rings. The number of unbranched alkanes of at least 4 members (excludes halogenated alkanes) is 3. The number of carbonyl (C=O) groups excluding carboxylic acids is 1. The fourth-order valence-electron chi connectivity index (χ4n) is 11.7. The summed E-state index contributed by atoms with van der Waals surface area (Å²) in [6.45, 7) is -4.30. The number of rotatable bonds is 15. The zero-order valence-electron chi connectivity index (χ0n) is 47.0. The van der Waals surface area contributed by atoms with Gasteiger partial charge in [0.2, 0.25) is 5.91 Å². The van der Waals surface area contributed by atoms with Gasteiger partial charge < -0.3 is 179 Å². The molecule has 0 spiro atoms. The van der Waals surface area contributed by atoms with E-state index in [2.05, 4.69) is 10.6 Å². The highest BCUT2D eigenvalue weighted by Gasteiger charge is 2.59. The Morgan fingerprint density at radius 1 is 0.276 bits per heavy atom. The van der Waals surface area contributed by atoms with E-state index in [-0.39, 0.29) is 12.5 Å². The van der Waals surface area contributed by atoms with Gasteiger partial charge in [-0.2, -0.15) is 0 Å². The summed E-state index contributed by atoms with van der Waals surface area (Å²) >= 11 is 0. The summed E-state index contributed by atoms with van der Waals surface area (Å²) in [5.41, 5.74) is 0. The second kappa shape index (κ2) is 31.8. The van der Waals surface area contributed by atoms with Gasteiger partial charge in [-0.05, 0) is 19.4 Å². The third-order valence-electron chi connectivity index (χ3n) is 16.6. The van der Waals surface area contributed by atoms with E-state index in [4.69, 9.17) is 66.3 Å². The van der Waals surface area contributed by atoms with Crippen molar-refractivity contribution in [1.29, 1.82) is 0 Å². The van der Waals surface area contributed by atoms with Crippen molar-refractivity contribution in [2.24, 2.45) is 0 Å². The van der Waals surface area contributed by atoms with Gasteiger partial charge in [0.05, 0.1) is 39.6 Å². The molecule has 21 aliphatic heterocycles. The number of hydrogen-bond donors (Lipinski definition) is 22. The third-order valence-corrected chi connectivity index (χ3v) is 16.6. The molecule has 37 nitrogen and oxygen atoms in total. The third kappa shape index (κ3) is 15.7. The van der Waals surface area contributed by atoms with Crippen LogP contribution < -0.4 is 10.6 Å². The van der Waals surface area contributed by atoms with E-state index in [0.29, 0.717) is 32.4 Å². The Morgan fingerprint density at radius 2 is 0.471 bits per heavy atom. The van der Waals surface area contributed by atoms with E-state index < -0.39 is 255 Å². The summed E-state index contributed by atoms with van der Waals surface area (Å²) in [5.74, 6) is -0.178. The molecule has 21 rings (SSSR count). The highest BCUT2D eigenvalue weighted by Crippen LogP contribution is 2.39. The van der Waals surface area contributed by atoms with Crippen LogP contribution in [0.2, 0.25) is 0 Å². The number of carbonyl (C=O) groups is 1. The summed E-state index contributed by atoms with van der Waals surface area (Å²) in [5, 5.41) is 229. The molecule has 22 N–H and O–H groups in total. The number of amides is 1. The monoisotopic (exact) mass is 1270 g/mol. The molecule has 0 aliphatic carbocycles. The largest absolute Gasteiger partial charge is 0.394 e. The van der Waals surface area contributed by atoms with E-state index in [1.165, 1.54) is 6.92 Å². The van der Waals surface area contributed by atoms with Gasteiger partial charge in [0.25, 0.3) is 0 Å². The molecular formula is C50H86N2O35. The Kier molecular flexibility index (Phi) is 25.9. The predicted molar refractivity (Wildman–Crippen MR) is 271 cm³/mol. The quantitative estimate of drug-likeness (QED) is 0.0677. The number of ether oxygens (including phenoxy) is 14. The molecule has 0 saturated carbocycles. The van der Waals surface area contributed by atoms with Crippen LogP contribution in [-0.2, 0) is 71.1 Å². The standard InChI is InChI=1S/C50H86N2O35/c1-15(59)52-7-5-3-2-4-6-51-8-16-37-23(60)30(67)44(74-16)82-38-17(9-53)76-46(32(69)25(38)62)84-40-19(11-55)78-48(34(71)27(40)64)86-42-21(13-57)80-50(36(73)29(42)66)87-43-22(14-58)79-49(35(72)28(43)65)85-41-20(12-56)77-47(33(70)26(41)63)83-39-18(10-54)75-45(81-37)31(68)24(39)61/h16-51,53-58,60-73H,2-14H2,1H3,(H,52,59)/t16-,17-,18-,19-,20-,21-,22-,23-,24-,25-,26-,27-,28-,29-,30-,31-,32+,33-,34+,35-,36-,37-,38-,39-,40-,41-,42-,43-,44-,45-,46-,47-,48-,49-,50-/m1/s1. The normalized spacial score (nSPS) is 50.3. The lowest BCUT2D eigenvalue weighted by Crippen LogP contribution is -2.68. The lowest BCUT2D eigenvalue weighted by atomic mass is 9.95. The molecule has 0 radical (unpaired) electrons. The van der Waals surface area contributed by atoms with Crippen LogP contribution in [0, 0.1) is 0 Å². The summed E-state index contributed by atoms with van der Waals surface area (Å²) in [4.78, 5) is 11.3. The van der Waals surface area contributed by atoms with Crippen molar-refractivity contribution >= 4 is 5.91 Å². The average Bonchev–Trinajstić information content (AvgIpc) is 2.42. The summed E-state index contributed by atoms with van der Waals surface area (Å²) in [6, 6.07) is 0. The molecule has 21 fully saturated rings. The molecule has 21 heterocycles. The average molecular weight is 1280 g/mol. The number of nitrogens with one attached hydrogen (secondary N) is 2. The topological polar surface area (TPSA) is 575 Å². The van der Waals surface area contributed by atoms with Crippen molar-refractivity contribution in [3.8, 4) is 0 Å². The summed E-state index contributed by atoms with van der Waals surface area (Å²) in [6.07, 6.45) is -66.7. The summed E-state index contributed by atoms with van der Waals surface area (Å²) in [7, 11) is 0. The van der Waals surface area contributed by atoms with Crippen LogP contribution >= 0.6 is 0 Å². The van der Waals surface area contributed by atoms with Gasteiger partial charge in [-0.15, -0.1) is 0 Å². The maximum Gasteiger partial charge on any atom is 0.216 e. The van der Waals surface area contributed by atoms with Crippen molar-refractivity contribution in [3.63, 3.8) is 0 Å². The highest BCUT2D eigenvalue weighted by atomic mass is 16.8. The Labute approximate surface area is 495 Å². The van der Waals surface area contributed by atoms with E-state index in [9.17, 15) is 107 Å². The van der Waals surface area contributed by atoms with Crippen LogP contribution in [0.25, 0.3) is 0 Å². The van der Waals surface area contributed by atoms with Crippen LogP contribution in [-0.4, -0.2) is 382 Å². The fourth-order valence-corrected chi connectivity index (χ4v) is 11.7. The molecule has 506 valence electrons. The Hall–Kier alpha value is -1.93.